The van der Waals surface area contributed by atoms with Crippen LogP contribution in [-0.2, 0) is 9.47 Å². The van der Waals surface area contributed by atoms with Gasteiger partial charge in [-0.15, -0.1) is 0 Å². The summed E-state index contributed by atoms with van der Waals surface area (Å²) in [7, 11) is 0. The summed E-state index contributed by atoms with van der Waals surface area (Å²) in [6, 6.07) is 0. The summed E-state index contributed by atoms with van der Waals surface area (Å²) in [5.41, 5.74) is 0.437. The van der Waals surface area contributed by atoms with Crippen LogP contribution in [0.2, 0.25) is 0 Å². The minimum Gasteiger partial charge on any atom is -0.393 e. The molecule has 7 heteroatoms. The third kappa shape index (κ3) is 4.87. The fourth-order valence-corrected chi connectivity index (χ4v) is 11.6. The largest absolute Gasteiger partial charge is 0.393 e. The number of rotatable bonds is 6. The van der Waals surface area contributed by atoms with Crippen LogP contribution in [0.4, 0.5) is 0 Å². The minimum atomic E-state index is -1.34. The average molecular weight is 593 g/mol. The van der Waals surface area contributed by atoms with Crippen molar-refractivity contribution in [2.24, 2.45) is 45.3 Å². The van der Waals surface area contributed by atoms with Gasteiger partial charge in [-0.25, -0.2) is 0 Å². The molecule has 0 aromatic rings. The topological polar surface area (TPSA) is 120 Å². The van der Waals surface area contributed by atoms with E-state index in [1.54, 1.807) is 0 Å². The first-order valence-corrected chi connectivity index (χ1v) is 16.8. The second kappa shape index (κ2) is 11.1. The second-order valence-electron chi connectivity index (χ2n) is 16.8. The van der Waals surface area contributed by atoms with Crippen molar-refractivity contribution in [3.8, 4) is 0 Å². The SMILES string of the molecule is CC(C)=CCC[C@](C)(O[C@@H]1OC[C@@H](O)C(O)C1O)C1CC[C@]2(C)C1[C@H](O)CC1[C@@]3(C)CC[C@H](O)C(C)(C)C3CC[C@]12C. The van der Waals surface area contributed by atoms with E-state index in [9.17, 15) is 25.5 Å². The fraction of sp³-hybridized carbons (Fsp3) is 0.943. The first-order chi connectivity index (χ1) is 19.4. The average Bonchev–Trinajstić information content (AvgIpc) is 3.29. The third-order valence-electron chi connectivity index (χ3n) is 14.2. The van der Waals surface area contributed by atoms with E-state index in [1.165, 1.54) is 5.57 Å². The van der Waals surface area contributed by atoms with Crippen molar-refractivity contribution in [1.29, 1.82) is 0 Å². The summed E-state index contributed by atoms with van der Waals surface area (Å²) in [6.45, 7) is 18.1. The van der Waals surface area contributed by atoms with Crippen molar-refractivity contribution in [1.82, 2.24) is 0 Å². The summed E-state index contributed by atoms with van der Waals surface area (Å²) < 4.78 is 12.5. The van der Waals surface area contributed by atoms with Crippen LogP contribution in [-0.4, -0.2) is 74.6 Å². The van der Waals surface area contributed by atoms with E-state index < -0.39 is 36.3 Å². The van der Waals surface area contributed by atoms with Crippen molar-refractivity contribution in [2.75, 3.05) is 6.61 Å². The molecular formula is C35H60O7. The predicted molar refractivity (Wildman–Crippen MR) is 162 cm³/mol. The van der Waals surface area contributed by atoms with Crippen LogP contribution in [0, 0.1) is 45.3 Å². The highest BCUT2D eigenvalue weighted by atomic mass is 16.7. The Morgan fingerprint density at radius 1 is 0.857 bits per heavy atom. The molecule has 14 atom stereocenters. The minimum absolute atomic E-state index is 0.0361. The van der Waals surface area contributed by atoms with Gasteiger partial charge in [0.2, 0.25) is 0 Å². The Morgan fingerprint density at radius 2 is 1.52 bits per heavy atom. The summed E-state index contributed by atoms with van der Waals surface area (Å²) in [5, 5.41) is 54.5. The lowest BCUT2D eigenvalue weighted by Crippen LogP contribution is -2.66. The molecule has 0 aromatic heterocycles. The quantitative estimate of drug-likeness (QED) is 0.277. The summed E-state index contributed by atoms with van der Waals surface area (Å²) in [4.78, 5) is 0. The summed E-state index contributed by atoms with van der Waals surface area (Å²) >= 11 is 0. The zero-order valence-corrected chi connectivity index (χ0v) is 27.5. The summed E-state index contributed by atoms with van der Waals surface area (Å²) in [5.74, 6) is 0.897. The number of hydrogen-bond donors (Lipinski definition) is 5. The van der Waals surface area contributed by atoms with Crippen LogP contribution in [0.3, 0.4) is 0 Å². The summed E-state index contributed by atoms with van der Waals surface area (Å²) in [6.07, 6.45) is 4.86. The highest BCUT2D eigenvalue weighted by Crippen LogP contribution is 2.76. The normalized spacial score (nSPS) is 51.5. The number of fused-ring (bicyclic) bond motifs is 5. The van der Waals surface area contributed by atoms with Gasteiger partial charge in [-0.05, 0) is 124 Å². The van der Waals surface area contributed by atoms with E-state index in [2.05, 4.69) is 61.5 Å². The maximum absolute atomic E-state index is 12.2. The van der Waals surface area contributed by atoms with Crippen LogP contribution in [0.1, 0.15) is 113 Å². The third-order valence-corrected chi connectivity index (χ3v) is 14.2. The van der Waals surface area contributed by atoms with Crippen molar-refractivity contribution in [3.63, 3.8) is 0 Å². The molecule has 42 heavy (non-hydrogen) atoms. The predicted octanol–water partition coefficient (Wildman–Crippen LogP) is 4.96. The van der Waals surface area contributed by atoms with Crippen LogP contribution in [0.15, 0.2) is 11.6 Å². The molecule has 5 N–H and O–H groups in total. The first kappa shape index (κ1) is 32.8. The molecule has 0 bridgehead atoms. The van der Waals surface area contributed by atoms with E-state index in [0.717, 1.165) is 51.4 Å². The van der Waals surface area contributed by atoms with Gasteiger partial charge in [-0.1, -0.05) is 46.3 Å². The molecule has 0 amide bonds. The van der Waals surface area contributed by atoms with E-state index in [0.29, 0.717) is 18.3 Å². The van der Waals surface area contributed by atoms with E-state index in [4.69, 9.17) is 9.47 Å². The van der Waals surface area contributed by atoms with E-state index in [-0.39, 0.29) is 46.2 Å². The van der Waals surface area contributed by atoms with Gasteiger partial charge in [0.05, 0.1) is 24.4 Å². The molecule has 1 saturated heterocycles. The van der Waals surface area contributed by atoms with Gasteiger partial charge in [-0.2, -0.15) is 0 Å². The molecule has 4 aliphatic carbocycles. The first-order valence-electron chi connectivity index (χ1n) is 16.8. The lowest BCUT2D eigenvalue weighted by atomic mass is 9.35. The zero-order valence-electron chi connectivity index (χ0n) is 27.5. The second-order valence-corrected chi connectivity index (χ2v) is 16.8. The molecule has 7 nitrogen and oxygen atoms in total. The van der Waals surface area contributed by atoms with Crippen molar-refractivity contribution in [2.45, 2.75) is 156 Å². The molecule has 0 aromatic carbocycles. The van der Waals surface area contributed by atoms with Gasteiger partial charge in [0.1, 0.15) is 18.3 Å². The molecule has 6 unspecified atom stereocenters. The fourth-order valence-electron chi connectivity index (χ4n) is 11.6. The van der Waals surface area contributed by atoms with Crippen molar-refractivity contribution < 1.29 is 35.0 Å². The van der Waals surface area contributed by atoms with Crippen LogP contribution < -0.4 is 0 Å². The Kier molecular flexibility index (Phi) is 8.65. The molecule has 4 saturated carbocycles. The molecule has 1 heterocycles. The van der Waals surface area contributed by atoms with E-state index in [1.807, 2.05) is 0 Å². The maximum atomic E-state index is 12.2. The number of aliphatic hydroxyl groups is 5. The Balaban J connectivity index is 1.48. The molecule has 242 valence electrons. The molecule has 5 fully saturated rings. The Bertz CT molecular complexity index is 1020. The monoisotopic (exact) mass is 592 g/mol. The van der Waals surface area contributed by atoms with E-state index >= 15 is 0 Å². The van der Waals surface area contributed by atoms with Gasteiger partial charge >= 0.3 is 0 Å². The van der Waals surface area contributed by atoms with Gasteiger partial charge in [-0.3, -0.25) is 0 Å². The molecular weight excluding hydrogens is 532 g/mol. The Morgan fingerprint density at radius 3 is 2.19 bits per heavy atom. The Hall–Kier alpha value is -0.540. The standard InChI is InChI=1S/C35H60O7/c1-20(2)10-9-14-35(8,42-30-29(40)28(39)23(37)19-41-30)21-11-16-34(7)27(21)22(36)18-25-32(5)15-13-26(38)31(3,4)24(32)12-17-33(25,34)6/h10,21-30,36-40H,9,11-19H2,1-8H3/t21?,22-,23-,24?,25?,26+,27?,28?,29?,30+,32+,33-,34-,35+/m1/s1. The molecule has 0 radical (unpaired) electrons. The van der Waals surface area contributed by atoms with Gasteiger partial charge in [0.15, 0.2) is 6.29 Å². The lowest BCUT2D eigenvalue weighted by Gasteiger charge is -2.70. The Labute approximate surface area is 254 Å². The zero-order chi connectivity index (χ0) is 31.0. The highest BCUT2D eigenvalue weighted by Gasteiger charge is 2.71. The van der Waals surface area contributed by atoms with Crippen LogP contribution in [0.5, 0.6) is 0 Å². The van der Waals surface area contributed by atoms with Gasteiger partial charge in [0.25, 0.3) is 0 Å². The smallest absolute Gasteiger partial charge is 0.186 e. The van der Waals surface area contributed by atoms with Gasteiger partial charge < -0.3 is 35.0 Å². The molecule has 5 rings (SSSR count). The number of allylic oxidation sites excluding steroid dienone is 2. The lowest BCUT2D eigenvalue weighted by molar-refractivity contribution is -0.314. The van der Waals surface area contributed by atoms with Crippen LogP contribution >= 0.6 is 0 Å². The highest BCUT2D eigenvalue weighted by molar-refractivity contribution is 5.20. The molecule has 1 aliphatic heterocycles. The van der Waals surface area contributed by atoms with Gasteiger partial charge in [0, 0.05) is 0 Å². The maximum Gasteiger partial charge on any atom is 0.186 e. The van der Waals surface area contributed by atoms with Crippen molar-refractivity contribution >= 4 is 0 Å². The molecule has 0 spiro atoms. The number of hydrogen-bond acceptors (Lipinski definition) is 7. The van der Waals surface area contributed by atoms with Crippen molar-refractivity contribution in [3.05, 3.63) is 11.6 Å². The number of aliphatic hydroxyl groups excluding tert-OH is 5. The number of ether oxygens (including phenoxy) is 2. The molecule has 5 aliphatic rings. The van der Waals surface area contributed by atoms with Crippen LogP contribution in [0.25, 0.3) is 0 Å².